The zero-order valence-corrected chi connectivity index (χ0v) is 16.4. The fraction of sp³-hybridized carbons (Fsp3) is 0.571. The molecule has 2 fully saturated rings. The molecule has 2 aromatic rings. The van der Waals surface area contributed by atoms with Crippen molar-refractivity contribution in [3.63, 3.8) is 0 Å². The molecule has 1 atom stereocenters. The molecular formula is C21H30N6O. The fourth-order valence-corrected chi connectivity index (χ4v) is 4.48. The lowest BCUT2D eigenvalue weighted by molar-refractivity contribution is -0.130. The molecule has 1 saturated heterocycles. The summed E-state index contributed by atoms with van der Waals surface area (Å²) in [6.45, 7) is 3.65. The van der Waals surface area contributed by atoms with Crippen LogP contribution in [-0.4, -0.2) is 58.7 Å². The molecule has 1 unspecified atom stereocenters. The van der Waals surface area contributed by atoms with E-state index < -0.39 is 0 Å². The molecule has 150 valence electrons. The van der Waals surface area contributed by atoms with Gasteiger partial charge in [-0.1, -0.05) is 37.5 Å². The van der Waals surface area contributed by atoms with Gasteiger partial charge in [0.25, 0.3) is 0 Å². The zero-order valence-electron chi connectivity index (χ0n) is 16.4. The Hall–Kier alpha value is -2.41. The van der Waals surface area contributed by atoms with Gasteiger partial charge < -0.3 is 9.80 Å². The summed E-state index contributed by atoms with van der Waals surface area (Å²) in [6, 6.07) is 10.5. The van der Waals surface area contributed by atoms with Crippen molar-refractivity contribution in [2.24, 2.45) is 5.92 Å². The topological polar surface area (TPSA) is 77.1 Å². The monoisotopic (exact) mass is 382 g/mol. The lowest BCUT2D eigenvalue weighted by Crippen LogP contribution is -2.51. The molecule has 7 heteroatoms. The maximum absolute atomic E-state index is 12.8. The first-order valence-corrected chi connectivity index (χ1v) is 10.5. The number of rotatable bonds is 6. The van der Waals surface area contributed by atoms with Crippen LogP contribution in [0.5, 0.6) is 0 Å². The molecule has 4 rings (SSSR count). The van der Waals surface area contributed by atoms with Crippen LogP contribution in [0.2, 0.25) is 0 Å². The maximum Gasteiger partial charge on any atom is 0.236 e. The van der Waals surface area contributed by atoms with Gasteiger partial charge in [0, 0.05) is 31.9 Å². The van der Waals surface area contributed by atoms with Crippen molar-refractivity contribution in [3.05, 3.63) is 42.5 Å². The highest BCUT2D eigenvalue weighted by Crippen LogP contribution is 2.33. The Morgan fingerprint density at radius 1 is 1.11 bits per heavy atom. The predicted molar refractivity (Wildman–Crippen MR) is 109 cm³/mol. The van der Waals surface area contributed by atoms with Gasteiger partial charge in [-0.15, -0.1) is 0 Å². The Bertz CT molecular complexity index is 721. The summed E-state index contributed by atoms with van der Waals surface area (Å²) in [7, 11) is 0. The van der Waals surface area contributed by atoms with Crippen LogP contribution in [0, 0.1) is 5.92 Å². The second-order valence-electron chi connectivity index (χ2n) is 7.83. The minimum Gasteiger partial charge on any atom is -0.368 e. The summed E-state index contributed by atoms with van der Waals surface area (Å²) >= 11 is 0. The van der Waals surface area contributed by atoms with E-state index in [0.29, 0.717) is 12.5 Å². The molecule has 1 aliphatic heterocycles. The van der Waals surface area contributed by atoms with Crippen LogP contribution >= 0.6 is 0 Å². The number of hydrogen-bond acceptors (Lipinski definition) is 5. The van der Waals surface area contributed by atoms with Crippen LogP contribution < -0.4 is 10.2 Å². The number of hydrogen-bond donors (Lipinski definition) is 2. The van der Waals surface area contributed by atoms with Gasteiger partial charge in [0.05, 0.1) is 12.6 Å². The van der Waals surface area contributed by atoms with Crippen molar-refractivity contribution in [1.82, 2.24) is 25.4 Å². The van der Waals surface area contributed by atoms with Gasteiger partial charge in [-0.3, -0.25) is 15.2 Å². The Kier molecular flexibility index (Phi) is 6.21. The molecule has 1 aromatic heterocycles. The molecular weight excluding hydrogens is 352 g/mol. The van der Waals surface area contributed by atoms with Gasteiger partial charge in [0.1, 0.15) is 12.2 Å². The summed E-state index contributed by atoms with van der Waals surface area (Å²) in [5.74, 6) is 1.55. The Balaban J connectivity index is 1.30. The van der Waals surface area contributed by atoms with E-state index >= 15 is 0 Å². The second kappa shape index (κ2) is 9.19. The van der Waals surface area contributed by atoms with Crippen molar-refractivity contribution in [2.45, 2.75) is 38.1 Å². The summed E-state index contributed by atoms with van der Waals surface area (Å²) in [4.78, 5) is 21.5. The number of aromatic amines is 1. The van der Waals surface area contributed by atoms with Crippen molar-refractivity contribution in [1.29, 1.82) is 0 Å². The van der Waals surface area contributed by atoms with E-state index in [2.05, 4.69) is 49.7 Å². The predicted octanol–water partition coefficient (Wildman–Crippen LogP) is 2.36. The minimum absolute atomic E-state index is 0.0809. The highest BCUT2D eigenvalue weighted by atomic mass is 16.2. The van der Waals surface area contributed by atoms with Crippen LogP contribution in [0.25, 0.3) is 0 Å². The lowest BCUT2D eigenvalue weighted by atomic mass is 9.83. The Morgan fingerprint density at radius 2 is 1.86 bits per heavy atom. The Labute approximate surface area is 166 Å². The number of H-pyrrole nitrogens is 1. The zero-order chi connectivity index (χ0) is 19.2. The van der Waals surface area contributed by atoms with E-state index in [1.165, 1.54) is 37.8 Å². The van der Waals surface area contributed by atoms with Crippen molar-refractivity contribution in [2.75, 3.05) is 37.6 Å². The number of benzene rings is 1. The minimum atomic E-state index is 0.0809. The highest BCUT2D eigenvalue weighted by molar-refractivity contribution is 5.78. The van der Waals surface area contributed by atoms with Crippen molar-refractivity contribution >= 4 is 11.6 Å². The fourth-order valence-electron chi connectivity index (χ4n) is 4.48. The number of nitrogens with one attached hydrogen (secondary N) is 2. The molecule has 0 spiro atoms. The third-order valence-electron chi connectivity index (χ3n) is 6.08. The smallest absolute Gasteiger partial charge is 0.236 e. The maximum atomic E-state index is 12.8. The first kappa shape index (κ1) is 18.9. The van der Waals surface area contributed by atoms with E-state index in [9.17, 15) is 4.79 Å². The van der Waals surface area contributed by atoms with Crippen LogP contribution in [-0.2, 0) is 4.79 Å². The van der Waals surface area contributed by atoms with E-state index in [1.807, 2.05) is 11.0 Å². The molecule has 7 nitrogen and oxygen atoms in total. The quantitative estimate of drug-likeness (QED) is 0.802. The SMILES string of the molecule is O=C(CNC(c1ncn[nH]1)C1CCCCC1)N1CCN(c2ccccc2)CC1. The summed E-state index contributed by atoms with van der Waals surface area (Å²) in [6.07, 6.45) is 7.74. The first-order valence-electron chi connectivity index (χ1n) is 10.5. The molecule has 1 saturated carbocycles. The van der Waals surface area contributed by atoms with Crippen LogP contribution in [0.3, 0.4) is 0 Å². The largest absolute Gasteiger partial charge is 0.368 e. The van der Waals surface area contributed by atoms with Gasteiger partial charge in [0.2, 0.25) is 5.91 Å². The number of piperazine rings is 1. The third-order valence-corrected chi connectivity index (χ3v) is 6.08. The van der Waals surface area contributed by atoms with Crippen LogP contribution in [0.1, 0.15) is 44.0 Å². The molecule has 2 aliphatic rings. The van der Waals surface area contributed by atoms with E-state index in [-0.39, 0.29) is 11.9 Å². The van der Waals surface area contributed by atoms with Gasteiger partial charge in [-0.25, -0.2) is 4.98 Å². The standard InChI is InChI=1S/C21H30N6O/c28-19(27-13-11-26(12-14-27)18-9-5-2-6-10-18)15-22-20(21-23-16-24-25-21)17-7-3-1-4-8-17/h2,5-6,9-10,16-17,20,22H,1,3-4,7-8,11-15H2,(H,23,24,25). The van der Waals surface area contributed by atoms with Crippen LogP contribution in [0.4, 0.5) is 5.69 Å². The van der Waals surface area contributed by atoms with E-state index in [1.54, 1.807) is 6.33 Å². The first-order chi connectivity index (χ1) is 13.8. The number of aromatic nitrogens is 3. The van der Waals surface area contributed by atoms with E-state index in [4.69, 9.17) is 0 Å². The molecule has 2 N–H and O–H groups in total. The van der Waals surface area contributed by atoms with Crippen LogP contribution in [0.15, 0.2) is 36.7 Å². The summed E-state index contributed by atoms with van der Waals surface area (Å²) in [5, 5.41) is 10.5. The molecule has 1 aliphatic carbocycles. The van der Waals surface area contributed by atoms with Gasteiger partial charge in [-0.05, 0) is 30.9 Å². The van der Waals surface area contributed by atoms with Crippen molar-refractivity contribution in [3.8, 4) is 0 Å². The molecule has 0 bridgehead atoms. The second-order valence-corrected chi connectivity index (χ2v) is 7.83. The summed E-state index contributed by atoms with van der Waals surface area (Å²) < 4.78 is 0. The van der Waals surface area contributed by atoms with Gasteiger partial charge >= 0.3 is 0 Å². The normalized spacial score (nSPS) is 19.6. The summed E-state index contributed by atoms with van der Waals surface area (Å²) in [5.41, 5.74) is 1.23. The molecule has 28 heavy (non-hydrogen) atoms. The average molecular weight is 383 g/mol. The molecule has 1 amide bonds. The third kappa shape index (κ3) is 4.52. The average Bonchev–Trinajstić information content (AvgIpc) is 3.30. The van der Waals surface area contributed by atoms with Gasteiger partial charge in [-0.2, -0.15) is 5.10 Å². The number of para-hydroxylation sites is 1. The molecule has 1 aromatic carbocycles. The van der Waals surface area contributed by atoms with Gasteiger partial charge in [0.15, 0.2) is 0 Å². The highest BCUT2D eigenvalue weighted by Gasteiger charge is 2.28. The number of nitrogens with zero attached hydrogens (tertiary/aromatic N) is 4. The number of amides is 1. The number of carbonyl (C=O) groups excluding carboxylic acids is 1. The number of anilines is 1. The van der Waals surface area contributed by atoms with Crippen molar-refractivity contribution < 1.29 is 4.79 Å². The molecule has 0 radical (unpaired) electrons. The Morgan fingerprint density at radius 3 is 2.54 bits per heavy atom. The lowest BCUT2D eigenvalue weighted by Gasteiger charge is -2.36. The molecule has 2 heterocycles. The number of carbonyl (C=O) groups is 1. The van der Waals surface area contributed by atoms with E-state index in [0.717, 1.165) is 32.0 Å².